The molecule has 2 N–H and O–H groups in total. The van der Waals surface area contributed by atoms with Crippen molar-refractivity contribution >= 4 is 23.1 Å². The maximum Gasteiger partial charge on any atom is 0.292 e. The van der Waals surface area contributed by atoms with Crippen molar-refractivity contribution in [1.82, 2.24) is 4.98 Å². The molecule has 0 aliphatic carbocycles. The number of carbonyl (C=O) groups is 1. The highest BCUT2D eigenvalue weighted by molar-refractivity contribution is 5.90. The lowest BCUT2D eigenvalue weighted by molar-refractivity contribution is -0.384. The lowest BCUT2D eigenvalue weighted by Gasteiger charge is -2.07. The Kier molecular flexibility index (Phi) is 4.81. The average molecular weight is 286 g/mol. The number of rotatable bonds is 6. The minimum atomic E-state index is -0.462. The number of benzene rings is 1. The highest BCUT2D eigenvalue weighted by atomic mass is 16.6. The number of nitro benzene ring substituents is 1. The van der Waals surface area contributed by atoms with Crippen LogP contribution in [0.4, 0.5) is 17.2 Å². The third kappa shape index (κ3) is 4.27. The van der Waals surface area contributed by atoms with Crippen molar-refractivity contribution < 1.29 is 9.72 Å². The highest BCUT2D eigenvalue weighted by Crippen LogP contribution is 2.22. The maximum absolute atomic E-state index is 11.7. The number of pyridine rings is 1. The van der Waals surface area contributed by atoms with Gasteiger partial charge < -0.3 is 10.6 Å². The van der Waals surface area contributed by atoms with E-state index in [4.69, 9.17) is 0 Å². The zero-order chi connectivity index (χ0) is 15.1. The zero-order valence-electron chi connectivity index (χ0n) is 11.2. The molecule has 1 aromatic heterocycles. The lowest BCUT2D eigenvalue weighted by atomic mass is 10.2. The van der Waals surface area contributed by atoms with E-state index in [1.54, 1.807) is 42.6 Å². The second-order valence-corrected chi connectivity index (χ2v) is 4.21. The van der Waals surface area contributed by atoms with E-state index in [1.807, 2.05) is 0 Å². The fourth-order valence-electron chi connectivity index (χ4n) is 1.74. The summed E-state index contributed by atoms with van der Waals surface area (Å²) in [5.74, 6) is 0.271. The first-order chi connectivity index (χ1) is 10.2. The van der Waals surface area contributed by atoms with E-state index in [0.29, 0.717) is 18.1 Å². The summed E-state index contributed by atoms with van der Waals surface area (Å²) in [6, 6.07) is 11.5. The molecule has 0 radical (unpaired) electrons. The summed E-state index contributed by atoms with van der Waals surface area (Å²) in [6.45, 7) is 0.295. The van der Waals surface area contributed by atoms with Gasteiger partial charge in [-0.05, 0) is 18.2 Å². The van der Waals surface area contributed by atoms with Crippen molar-refractivity contribution in [3.8, 4) is 0 Å². The van der Waals surface area contributed by atoms with Crippen LogP contribution < -0.4 is 10.6 Å². The summed E-state index contributed by atoms with van der Waals surface area (Å²) < 4.78 is 0. The van der Waals surface area contributed by atoms with Gasteiger partial charge in [0.1, 0.15) is 11.5 Å². The second kappa shape index (κ2) is 6.99. The van der Waals surface area contributed by atoms with Crippen LogP contribution in [0.1, 0.15) is 6.42 Å². The number of aromatic nitrogens is 1. The summed E-state index contributed by atoms with van der Waals surface area (Å²) in [5, 5.41) is 16.4. The van der Waals surface area contributed by atoms with Crippen LogP contribution in [-0.2, 0) is 4.79 Å². The summed E-state index contributed by atoms with van der Waals surface area (Å²) in [6.07, 6.45) is 1.77. The Hall–Kier alpha value is -2.96. The van der Waals surface area contributed by atoms with Crippen LogP contribution in [0.25, 0.3) is 0 Å². The van der Waals surface area contributed by atoms with Gasteiger partial charge in [-0.2, -0.15) is 0 Å². The van der Waals surface area contributed by atoms with Gasteiger partial charge in [-0.15, -0.1) is 0 Å². The first-order valence-electron chi connectivity index (χ1n) is 6.35. The average Bonchev–Trinajstić information content (AvgIpc) is 2.48. The molecule has 0 fully saturated rings. The van der Waals surface area contributed by atoms with Gasteiger partial charge in [-0.25, -0.2) is 4.98 Å². The normalized spacial score (nSPS) is 9.90. The molecule has 7 nitrogen and oxygen atoms in total. The van der Waals surface area contributed by atoms with Crippen molar-refractivity contribution in [3.05, 3.63) is 58.8 Å². The summed E-state index contributed by atoms with van der Waals surface area (Å²) in [4.78, 5) is 26.1. The molecule has 0 saturated heterocycles. The van der Waals surface area contributed by atoms with Crippen LogP contribution in [0, 0.1) is 10.1 Å². The summed E-state index contributed by atoms with van der Waals surface area (Å²) in [5.41, 5.74) is 0.385. The van der Waals surface area contributed by atoms with Crippen molar-refractivity contribution in [2.75, 3.05) is 17.2 Å². The molecule has 2 rings (SSSR count). The molecule has 0 saturated carbocycles. The van der Waals surface area contributed by atoms with E-state index >= 15 is 0 Å². The predicted molar refractivity (Wildman–Crippen MR) is 79.1 cm³/mol. The molecule has 1 amide bonds. The highest BCUT2D eigenvalue weighted by Gasteiger charge is 2.12. The molecule has 0 atom stereocenters. The van der Waals surface area contributed by atoms with E-state index in [1.165, 1.54) is 6.07 Å². The maximum atomic E-state index is 11.7. The fourth-order valence-corrected chi connectivity index (χ4v) is 1.74. The van der Waals surface area contributed by atoms with Crippen LogP contribution in [0.15, 0.2) is 48.7 Å². The number of anilines is 2. The smallest absolute Gasteiger partial charge is 0.292 e. The van der Waals surface area contributed by atoms with Crippen LogP contribution >= 0.6 is 0 Å². The van der Waals surface area contributed by atoms with E-state index in [9.17, 15) is 14.9 Å². The molecular formula is C14H14N4O3. The quantitative estimate of drug-likeness (QED) is 0.628. The lowest BCUT2D eigenvalue weighted by Crippen LogP contribution is -2.17. The van der Waals surface area contributed by atoms with Gasteiger partial charge in [0.15, 0.2) is 0 Å². The van der Waals surface area contributed by atoms with E-state index < -0.39 is 4.92 Å². The number of carbonyl (C=O) groups excluding carboxylic acids is 1. The number of hydrogen-bond donors (Lipinski definition) is 2. The van der Waals surface area contributed by atoms with Gasteiger partial charge in [-0.3, -0.25) is 14.9 Å². The van der Waals surface area contributed by atoms with Gasteiger partial charge in [-0.1, -0.05) is 18.2 Å². The standard InChI is InChI=1S/C14H14N4O3/c19-14(17-13-7-3-4-9-16-13)8-10-15-11-5-1-2-6-12(11)18(20)21/h1-7,9,15H,8,10H2,(H,16,17,19). The second-order valence-electron chi connectivity index (χ2n) is 4.21. The molecule has 108 valence electrons. The van der Waals surface area contributed by atoms with Gasteiger partial charge in [0.25, 0.3) is 5.69 Å². The Morgan fingerprint density at radius 3 is 2.67 bits per heavy atom. The first-order valence-corrected chi connectivity index (χ1v) is 6.35. The number of hydrogen-bond acceptors (Lipinski definition) is 5. The molecule has 7 heteroatoms. The number of amides is 1. The Balaban J connectivity index is 1.84. The van der Waals surface area contributed by atoms with Crippen molar-refractivity contribution in [2.45, 2.75) is 6.42 Å². The Labute approximate surface area is 121 Å². The molecule has 1 heterocycles. The van der Waals surface area contributed by atoms with Crippen molar-refractivity contribution in [2.24, 2.45) is 0 Å². The monoisotopic (exact) mass is 286 g/mol. The molecule has 0 aliphatic rings. The fraction of sp³-hybridized carbons (Fsp3) is 0.143. The Morgan fingerprint density at radius 1 is 1.19 bits per heavy atom. The van der Waals surface area contributed by atoms with Gasteiger partial charge >= 0.3 is 0 Å². The largest absolute Gasteiger partial charge is 0.379 e. The molecule has 0 unspecified atom stereocenters. The van der Waals surface area contributed by atoms with E-state index in [0.717, 1.165) is 0 Å². The third-order valence-electron chi connectivity index (χ3n) is 2.70. The number of nitrogens with one attached hydrogen (secondary N) is 2. The van der Waals surface area contributed by atoms with Crippen molar-refractivity contribution in [3.63, 3.8) is 0 Å². The number of nitro groups is 1. The van der Waals surface area contributed by atoms with Gasteiger partial charge in [0, 0.05) is 25.2 Å². The molecule has 1 aromatic carbocycles. The van der Waals surface area contributed by atoms with E-state index in [2.05, 4.69) is 15.6 Å². The van der Waals surface area contributed by atoms with Gasteiger partial charge in [0.2, 0.25) is 5.91 Å². The molecular weight excluding hydrogens is 272 g/mol. The SMILES string of the molecule is O=C(CCNc1ccccc1[N+](=O)[O-])Nc1ccccn1. The van der Waals surface area contributed by atoms with Gasteiger partial charge in [0.05, 0.1) is 4.92 Å². The molecule has 0 spiro atoms. The van der Waals surface area contributed by atoms with Crippen LogP contribution in [0.2, 0.25) is 0 Å². The summed E-state index contributed by atoms with van der Waals surface area (Å²) in [7, 11) is 0. The molecule has 21 heavy (non-hydrogen) atoms. The van der Waals surface area contributed by atoms with Crippen LogP contribution in [0.3, 0.4) is 0 Å². The van der Waals surface area contributed by atoms with Crippen LogP contribution in [-0.4, -0.2) is 22.4 Å². The molecule has 0 bridgehead atoms. The molecule has 2 aromatic rings. The Morgan fingerprint density at radius 2 is 1.95 bits per heavy atom. The number of nitrogens with zero attached hydrogens (tertiary/aromatic N) is 2. The Bertz CT molecular complexity index is 631. The topological polar surface area (TPSA) is 97.2 Å². The van der Waals surface area contributed by atoms with E-state index in [-0.39, 0.29) is 18.0 Å². The summed E-state index contributed by atoms with van der Waals surface area (Å²) >= 11 is 0. The zero-order valence-corrected chi connectivity index (χ0v) is 11.2. The minimum absolute atomic E-state index is 0.0114. The predicted octanol–water partition coefficient (Wildman–Crippen LogP) is 2.43. The molecule has 0 aliphatic heterocycles. The van der Waals surface area contributed by atoms with Crippen LogP contribution in [0.5, 0.6) is 0 Å². The first kappa shape index (κ1) is 14.4. The third-order valence-corrected chi connectivity index (χ3v) is 2.70. The minimum Gasteiger partial charge on any atom is -0.379 e. The van der Waals surface area contributed by atoms with Crippen molar-refractivity contribution in [1.29, 1.82) is 0 Å². The number of para-hydroxylation sites is 2.